The Labute approximate surface area is 125 Å². The number of ether oxygens (including phenoxy) is 1. The topological polar surface area (TPSA) is 53.1 Å². The Bertz CT molecular complexity index is 629. The third kappa shape index (κ3) is 2.62. The smallest absolute Gasteiger partial charge is 0.131 e. The minimum atomic E-state index is 0.590. The molecule has 1 aliphatic carbocycles. The van der Waals surface area contributed by atoms with Crippen LogP contribution in [-0.2, 0) is 6.54 Å². The number of imidazole rings is 1. The van der Waals surface area contributed by atoms with Gasteiger partial charge in [0.2, 0.25) is 0 Å². The summed E-state index contributed by atoms with van der Waals surface area (Å²) in [4.78, 5) is 4.86. The van der Waals surface area contributed by atoms with Crippen molar-refractivity contribution in [3.05, 3.63) is 30.1 Å². The zero-order valence-electron chi connectivity index (χ0n) is 12.8. The molecular formula is C17H23N3O. The number of nitrogen functional groups attached to an aromatic ring is 1. The van der Waals surface area contributed by atoms with Gasteiger partial charge in [0.25, 0.3) is 0 Å². The molecule has 0 saturated heterocycles. The highest BCUT2D eigenvalue weighted by Crippen LogP contribution is 2.43. The second kappa shape index (κ2) is 5.80. The van der Waals surface area contributed by atoms with Gasteiger partial charge in [-0.25, -0.2) is 4.98 Å². The Balaban J connectivity index is 2.06. The summed E-state index contributed by atoms with van der Waals surface area (Å²) in [5.41, 5.74) is 8.26. The van der Waals surface area contributed by atoms with E-state index < -0.39 is 0 Å². The van der Waals surface area contributed by atoms with Crippen molar-refractivity contribution < 1.29 is 4.74 Å². The average molecular weight is 285 g/mol. The first kappa shape index (κ1) is 14.0. The van der Waals surface area contributed by atoms with Crippen LogP contribution in [0.4, 0.5) is 5.82 Å². The van der Waals surface area contributed by atoms with Gasteiger partial charge in [-0.3, -0.25) is 0 Å². The molecule has 0 radical (unpaired) electrons. The SMILES string of the molecule is CCCCn1c(C2CC2)nc(-c2ccccc2OC)c1N. The van der Waals surface area contributed by atoms with Crippen molar-refractivity contribution in [2.75, 3.05) is 12.8 Å². The van der Waals surface area contributed by atoms with Crippen molar-refractivity contribution in [3.8, 4) is 17.0 Å². The van der Waals surface area contributed by atoms with E-state index in [4.69, 9.17) is 15.5 Å². The molecule has 0 bridgehead atoms. The number of para-hydroxylation sites is 1. The van der Waals surface area contributed by atoms with E-state index in [1.807, 2.05) is 24.3 Å². The molecule has 2 aromatic rings. The summed E-state index contributed by atoms with van der Waals surface area (Å²) in [7, 11) is 1.69. The molecule has 112 valence electrons. The van der Waals surface area contributed by atoms with Crippen LogP contribution in [0.1, 0.15) is 44.3 Å². The van der Waals surface area contributed by atoms with Crippen molar-refractivity contribution in [2.24, 2.45) is 0 Å². The number of benzene rings is 1. The standard InChI is InChI=1S/C17H23N3O/c1-3-4-11-20-16(18)15(19-17(20)12-9-10-12)13-7-5-6-8-14(13)21-2/h5-8,12H,3-4,9-11,18H2,1-2H3. The number of rotatable bonds is 6. The Kier molecular flexibility index (Phi) is 3.86. The van der Waals surface area contributed by atoms with Crippen LogP contribution in [0, 0.1) is 0 Å². The summed E-state index contributed by atoms with van der Waals surface area (Å²) in [5, 5.41) is 0. The van der Waals surface area contributed by atoms with E-state index in [9.17, 15) is 0 Å². The molecule has 0 amide bonds. The second-order valence-corrected chi connectivity index (χ2v) is 5.68. The van der Waals surface area contributed by atoms with Crippen LogP contribution in [0.5, 0.6) is 5.75 Å². The largest absolute Gasteiger partial charge is 0.496 e. The summed E-state index contributed by atoms with van der Waals surface area (Å²) in [6.45, 7) is 3.15. The molecule has 0 unspecified atom stereocenters. The highest BCUT2D eigenvalue weighted by atomic mass is 16.5. The Morgan fingerprint density at radius 3 is 2.76 bits per heavy atom. The third-order valence-corrected chi connectivity index (χ3v) is 4.08. The van der Waals surface area contributed by atoms with E-state index in [0.29, 0.717) is 5.92 Å². The predicted molar refractivity (Wildman–Crippen MR) is 85.5 cm³/mol. The quantitative estimate of drug-likeness (QED) is 0.878. The molecule has 1 aliphatic rings. The second-order valence-electron chi connectivity index (χ2n) is 5.68. The maximum absolute atomic E-state index is 6.41. The lowest BCUT2D eigenvalue weighted by Gasteiger charge is -2.09. The van der Waals surface area contributed by atoms with Gasteiger partial charge < -0.3 is 15.0 Å². The molecule has 0 spiro atoms. The third-order valence-electron chi connectivity index (χ3n) is 4.08. The van der Waals surface area contributed by atoms with E-state index in [1.165, 1.54) is 12.8 Å². The fraction of sp³-hybridized carbons (Fsp3) is 0.471. The number of nitrogens with two attached hydrogens (primary N) is 1. The molecule has 1 aromatic heterocycles. The number of hydrogen-bond donors (Lipinski definition) is 1. The van der Waals surface area contributed by atoms with Gasteiger partial charge in [0.1, 0.15) is 23.1 Å². The first-order valence-corrected chi connectivity index (χ1v) is 7.75. The van der Waals surface area contributed by atoms with Gasteiger partial charge in [0, 0.05) is 18.0 Å². The molecule has 0 aliphatic heterocycles. The number of unbranched alkanes of at least 4 members (excludes halogenated alkanes) is 1. The number of anilines is 1. The molecule has 1 saturated carbocycles. The maximum Gasteiger partial charge on any atom is 0.131 e. The van der Waals surface area contributed by atoms with Gasteiger partial charge in [0.15, 0.2) is 0 Å². The summed E-state index contributed by atoms with van der Waals surface area (Å²) >= 11 is 0. The molecule has 1 fully saturated rings. The zero-order chi connectivity index (χ0) is 14.8. The molecule has 0 atom stereocenters. The summed E-state index contributed by atoms with van der Waals surface area (Å²) < 4.78 is 7.67. The van der Waals surface area contributed by atoms with Crippen LogP contribution in [0.3, 0.4) is 0 Å². The van der Waals surface area contributed by atoms with E-state index in [2.05, 4.69) is 11.5 Å². The van der Waals surface area contributed by atoms with Crippen LogP contribution >= 0.6 is 0 Å². The zero-order valence-corrected chi connectivity index (χ0v) is 12.8. The lowest BCUT2D eigenvalue weighted by atomic mass is 10.1. The molecule has 2 N–H and O–H groups in total. The van der Waals surface area contributed by atoms with Crippen molar-refractivity contribution in [2.45, 2.75) is 45.1 Å². The first-order valence-electron chi connectivity index (χ1n) is 7.75. The summed E-state index contributed by atoms with van der Waals surface area (Å²) in [6, 6.07) is 7.95. The molecule has 4 nitrogen and oxygen atoms in total. The Morgan fingerprint density at radius 1 is 1.33 bits per heavy atom. The minimum absolute atomic E-state index is 0.590. The van der Waals surface area contributed by atoms with Crippen LogP contribution in [0.15, 0.2) is 24.3 Å². The van der Waals surface area contributed by atoms with Gasteiger partial charge >= 0.3 is 0 Å². The average Bonchev–Trinajstić information content (AvgIpc) is 3.30. The molecule has 1 aromatic carbocycles. The van der Waals surface area contributed by atoms with E-state index in [-0.39, 0.29) is 0 Å². The highest BCUT2D eigenvalue weighted by Gasteiger charge is 2.31. The fourth-order valence-electron chi connectivity index (χ4n) is 2.73. The van der Waals surface area contributed by atoms with Gasteiger partial charge in [-0.15, -0.1) is 0 Å². The van der Waals surface area contributed by atoms with Crippen molar-refractivity contribution in [1.82, 2.24) is 9.55 Å². The first-order chi connectivity index (χ1) is 10.3. The molecule has 3 rings (SSSR count). The lowest BCUT2D eigenvalue weighted by Crippen LogP contribution is -2.06. The van der Waals surface area contributed by atoms with E-state index in [1.54, 1.807) is 7.11 Å². The minimum Gasteiger partial charge on any atom is -0.496 e. The molecule has 4 heteroatoms. The number of hydrogen-bond acceptors (Lipinski definition) is 3. The van der Waals surface area contributed by atoms with E-state index >= 15 is 0 Å². The van der Waals surface area contributed by atoms with Crippen LogP contribution in [0.2, 0.25) is 0 Å². The molecular weight excluding hydrogens is 262 g/mol. The van der Waals surface area contributed by atoms with Crippen LogP contribution in [0.25, 0.3) is 11.3 Å². The lowest BCUT2D eigenvalue weighted by molar-refractivity contribution is 0.416. The van der Waals surface area contributed by atoms with Gasteiger partial charge in [-0.05, 0) is 31.4 Å². The maximum atomic E-state index is 6.41. The summed E-state index contributed by atoms with van der Waals surface area (Å²) in [6.07, 6.45) is 4.75. The normalized spacial score (nSPS) is 14.4. The van der Waals surface area contributed by atoms with Crippen molar-refractivity contribution in [1.29, 1.82) is 0 Å². The molecule has 21 heavy (non-hydrogen) atoms. The highest BCUT2D eigenvalue weighted by molar-refractivity contribution is 5.76. The van der Waals surface area contributed by atoms with Crippen LogP contribution < -0.4 is 10.5 Å². The van der Waals surface area contributed by atoms with Crippen molar-refractivity contribution >= 4 is 5.82 Å². The van der Waals surface area contributed by atoms with E-state index in [0.717, 1.165) is 48.0 Å². The predicted octanol–water partition coefficient (Wildman–Crippen LogP) is 3.82. The van der Waals surface area contributed by atoms with Crippen molar-refractivity contribution in [3.63, 3.8) is 0 Å². The monoisotopic (exact) mass is 285 g/mol. The summed E-state index contributed by atoms with van der Waals surface area (Å²) in [5.74, 6) is 3.34. The number of methoxy groups -OCH3 is 1. The van der Waals surface area contributed by atoms with Gasteiger partial charge in [0.05, 0.1) is 7.11 Å². The van der Waals surface area contributed by atoms with Crippen LogP contribution in [-0.4, -0.2) is 16.7 Å². The number of aromatic nitrogens is 2. The molecule has 1 heterocycles. The Morgan fingerprint density at radius 2 is 2.10 bits per heavy atom. The Hall–Kier alpha value is -1.97. The number of nitrogens with zero attached hydrogens (tertiary/aromatic N) is 2. The van der Waals surface area contributed by atoms with Gasteiger partial charge in [-0.2, -0.15) is 0 Å². The van der Waals surface area contributed by atoms with Gasteiger partial charge in [-0.1, -0.05) is 25.5 Å². The fourth-order valence-corrected chi connectivity index (χ4v) is 2.73.